The molecule has 0 aliphatic carbocycles. The van der Waals surface area contributed by atoms with Gasteiger partial charge in [-0.3, -0.25) is 9.97 Å². The molecule has 0 aliphatic rings. The molecule has 7 heteroatoms. The Morgan fingerprint density at radius 1 is 0.482 bits per heavy atom. The van der Waals surface area contributed by atoms with Gasteiger partial charge in [-0.05, 0) is 63.4 Å². The first-order valence-electron chi connectivity index (χ1n) is 18.7. The molecule has 0 aliphatic heterocycles. The van der Waals surface area contributed by atoms with Gasteiger partial charge in [0.25, 0.3) is 0 Å². The van der Waals surface area contributed by atoms with E-state index in [9.17, 15) is 0 Å². The summed E-state index contributed by atoms with van der Waals surface area (Å²) in [5.41, 5.74) is 12.5. The van der Waals surface area contributed by atoms with Crippen molar-refractivity contribution < 1.29 is 29.9 Å². The maximum atomic E-state index is 6.59. The van der Waals surface area contributed by atoms with Gasteiger partial charge < -0.3 is 8.83 Å². The third kappa shape index (κ3) is 5.99. The van der Waals surface area contributed by atoms with Gasteiger partial charge in [-0.1, -0.05) is 124 Å². The molecule has 0 amide bonds. The fourth-order valence-electron chi connectivity index (χ4n) is 7.82. The summed E-state index contributed by atoms with van der Waals surface area (Å²) in [4.78, 5) is 19.1. The number of rotatable bonds is 4. The van der Waals surface area contributed by atoms with Gasteiger partial charge in [0, 0.05) is 22.2 Å². The molecule has 0 saturated heterocycles. The Kier molecular flexibility index (Phi) is 8.48. The van der Waals surface area contributed by atoms with Gasteiger partial charge in [0.15, 0.2) is 0 Å². The zero-order valence-electron chi connectivity index (χ0n) is 32.0. The van der Waals surface area contributed by atoms with Crippen molar-refractivity contribution in [2.75, 3.05) is 0 Å². The number of para-hydroxylation sites is 2. The largest absolute Gasteiger partial charge is 2.00 e. The molecule has 0 bridgehead atoms. The topological polar surface area (TPSA) is 77.8 Å². The van der Waals surface area contributed by atoms with Crippen LogP contribution >= 0.6 is 0 Å². The van der Waals surface area contributed by atoms with Gasteiger partial charge in [0.05, 0.1) is 22.2 Å². The predicted molar refractivity (Wildman–Crippen MR) is 222 cm³/mol. The SMILES string of the molecule is CC(C)(C)c1ccc2c(-c3[c-]c(Cc4[c-]c(-c5ncnc6cc(C(C)(C)C)ccc56)c5oc6ccccc6c5c4)cc4c3oc3ccccc34)ncnc2c1.[Pt+2]. The molecule has 276 valence electrons. The monoisotopic (exact) mass is 909 g/mol. The van der Waals surface area contributed by atoms with Crippen LogP contribution in [-0.4, -0.2) is 19.9 Å². The van der Waals surface area contributed by atoms with Gasteiger partial charge in [-0.15, -0.1) is 35.4 Å². The minimum atomic E-state index is -0.0123. The van der Waals surface area contributed by atoms with Crippen LogP contribution in [0.2, 0.25) is 0 Å². The number of nitrogens with zero attached hydrogens (tertiary/aromatic N) is 4. The smallest absolute Gasteiger partial charge is 0.501 e. The third-order valence-corrected chi connectivity index (χ3v) is 10.8. The molecule has 0 unspecified atom stereocenters. The van der Waals surface area contributed by atoms with Crippen LogP contribution in [0, 0.1) is 12.1 Å². The molecule has 0 atom stereocenters. The summed E-state index contributed by atoms with van der Waals surface area (Å²) >= 11 is 0. The van der Waals surface area contributed by atoms with Crippen LogP contribution in [0.5, 0.6) is 0 Å². The average molecular weight is 910 g/mol. The Morgan fingerprint density at radius 2 is 0.911 bits per heavy atom. The summed E-state index contributed by atoms with van der Waals surface area (Å²) in [6.45, 7) is 13.3. The molecule has 0 radical (unpaired) electrons. The molecular formula is C49H38N4O2Pt. The first kappa shape index (κ1) is 36.0. The molecule has 6 nitrogen and oxygen atoms in total. The maximum absolute atomic E-state index is 6.59. The van der Waals surface area contributed by atoms with E-state index >= 15 is 0 Å². The normalized spacial score (nSPS) is 12.4. The van der Waals surface area contributed by atoms with Crippen LogP contribution in [0.4, 0.5) is 0 Å². The Labute approximate surface area is 339 Å². The predicted octanol–water partition coefficient (Wildman–Crippen LogP) is 12.5. The van der Waals surface area contributed by atoms with E-state index in [1.54, 1.807) is 12.7 Å². The van der Waals surface area contributed by atoms with Crippen LogP contribution in [0.15, 0.2) is 119 Å². The van der Waals surface area contributed by atoms with Crippen molar-refractivity contribution in [1.82, 2.24) is 19.9 Å². The minimum Gasteiger partial charge on any atom is -0.501 e. The number of hydrogen-bond donors (Lipinski definition) is 0. The molecule has 56 heavy (non-hydrogen) atoms. The average Bonchev–Trinajstić information content (AvgIpc) is 3.74. The van der Waals surface area contributed by atoms with Gasteiger partial charge in [0.2, 0.25) is 0 Å². The Morgan fingerprint density at radius 3 is 1.34 bits per heavy atom. The van der Waals surface area contributed by atoms with Gasteiger partial charge in [0.1, 0.15) is 23.8 Å². The molecular weight excluding hydrogens is 872 g/mol. The summed E-state index contributed by atoms with van der Waals surface area (Å²) < 4.78 is 13.2. The summed E-state index contributed by atoms with van der Waals surface area (Å²) in [5, 5.41) is 6.04. The molecule has 4 aromatic heterocycles. The minimum absolute atomic E-state index is 0. The molecule has 10 aromatic rings. The molecule has 0 N–H and O–H groups in total. The van der Waals surface area contributed by atoms with E-state index in [2.05, 4.69) is 126 Å². The zero-order valence-corrected chi connectivity index (χ0v) is 34.3. The van der Waals surface area contributed by atoms with Crippen LogP contribution in [0.25, 0.3) is 88.2 Å². The van der Waals surface area contributed by atoms with E-state index in [4.69, 9.17) is 28.8 Å². The second-order valence-electron chi connectivity index (χ2n) is 16.6. The summed E-state index contributed by atoms with van der Waals surface area (Å²) in [5.74, 6) is 0. The van der Waals surface area contributed by atoms with Crippen molar-refractivity contribution in [3.63, 3.8) is 0 Å². The van der Waals surface area contributed by atoms with Crippen molar-refractivity contribution in [1.29, 1.82) is 0 Å². The Hall–Kier alpha value is -5.71. The van der Waals surface area contributed by atoms with Crippen LogP contribution in [0.3, 0.4) is 0 Å². The van der Waals surface area contributed by atoms with Gasteiger partial charge >= 0.3 is 21.1 Å². The maximum Gasteiger partial charge on any atom is 2.00 e. The Balaban J connectivity index is 0.00000410. The fraction of sp³-hybridized carbons (Fsp3) is 0.184. The number of hydrogen-bond acceptors (Lipinski definition) is 6. The summed E-state index contributed by atoms with van der Waals surface area (Å²) in [6.07, 6.45) is 3.85. The van der Waals surface area contributed by atoms with Crippen LogP contribution in [-0.2, 0) is 38.3 Å². The molecule has 4 heterocycles. The van der Waals surface area contributed by atoms with Gasteiger partial charge in [-0.2, -0.15) is 0 Å². The molecule has 0 fully saturated rings. The van der Waals surface area contributed by atoms with Crippen molar-refractivity contribution in [2.24, 2.45) is 0 Å². The second kappa shape index (κ2) is 13.2. The number of benzene rings is 6. The van der Waals surface area contributed by atoms with Crippen molar-refractivity contribution >= 4 is 65.7 Å². The standard InChI is InChI=1S/C49H38N4O2.Pt/c1-48(2,3)30-15-17-34-40(24-30)50-26-52-44(34)38-22-28(20-36-32-11-7-9-13-42(32)54-46(36)38)19-29-21-37-33-12-8-10-14-43(33)55-47(37)39(23-29)45-35-18-16-31(49(4,5)6)25-41(35)51-27-53-45;/h7-18,20-21,24-27H,19H2,1-6H3;/q-2;+2. The van der Waals surface area contributed by atoms with E-state index in [-0.39, 0.29) is 31.9 Å². The summed E-state index contributed by atoms with van der Waals surface area (Å²) in [7, 11) is 0. The number of fused-ring (bicyclic) bond motifs is 8. The van der Waals surface area contributed by atoms with Crippen molar-refractivity contribution in [3.05, 3.63) is 144 Å². The van der Waals surface area contributed by atoms with Crippen LogP contribution in [0.1, 0.15) is 63.8 Å². The van der Waals surface area contributed by atoms with E-state index in [1.165, 1.54) is 11.1 Å². The number of furan rings is 2. The van der Waals surface area contributed by atoms with Gasteiger partial charge in [-0.25, -0.2) is 9.97 Å². The molecule has 0 spiro atoms. The van der Waals surface area contributed by atoms with E-state index in [1.807, 2.05) is 24.3 Å². The van der Waals surface area contributed by atoms with Crippen molar-refractivity contribution in [2.45, 2.75) is 58.8 Å². The molecule has 10 rings (SSSR count). The second-order valence-corrected chi connectivity index (χ2v) is 16.6. The van der Waals surface area contributed by atoms with Crippen LogP contribution < -0.4 is 0 Å². The summed E-state index contributed by atoms with van der Waals surface area (Å²) in [6, 6.07) is 41.3. The zero-order chi connectivity index (χ0) is 37.6. The molecule has 6 aromatic carbocycles. The first-order valence-corrected chi connectivity index (χ1v) is 18.7. The molecule has 0 saturated carbocycles. The quantitative estimate of drug-likeness (QED) is 0.164. The third-order valence-electron chi connectivity index (χ3n) is 10.8. The van der Waals surface area contributed by atoms with E-state index in [0.717, 1.165) is 99.3 Å². The fourth-order valence-corrected chi connectivity index (χ4v) is 7.82. The van der Waals surface area contributed by atoms with Crippen molar-refractivity contribution in [3.8, 4) is 22.5 Å². The first-order chi connectivity index (χ1) is 26.5. The Bertz CT molecular complexity index is 2950. The van der Waals surface area contributed by atoms with E-state index < -0.39 is 0 Å². The number of aromatic nitrogens is 4. The van der Waals surface area contributed by atoms with E-state index in [0.29, 0.717) is 6.42 Å².